The second kappa shape index (κ2) is 8.72. The fraction of sp³-hybridized carbons (Fsp3) is 0.562. The summed E-state index contributed by atoms with van der Waals surface area (Å²) in [6, 6.07) is 1.26. The lowest BCUT2D eigenvalue weighted by molar-refractivity contribution is -0.137. The van der Waals surface area contributed by atoms with E-state index >= 15 is 0 Å². The molecular weight excluding hydrogens is 353 g/mol. The predicted molar refractivity (Wildman–Crippen MR) is 89.6 cm³/mol. The van der Waals surface area contributed by atoms with E-state index in [-0.39, 0.29) is 18.9 Å². The van der Waals surface area contributed by atoms with Crippen LogP contribution in [-0.2, 0) is 15.7 Å². The zero-order valence-electron chi connectivity index (χ0n) is 15.0. The van der Waals surface area contributed by atoms with Crippen LogP contribution in [0.3, 0.4) is 0 Å². The van der Waals surface area contributed by atoms with Crippen LogP contribution in [0.25, 0.3) is 0 Å². The monoisotopic (exact) mass is 376 g/mol. The first-order valence-corrected chi connectivity index (χ1v) is 7.93. The smallest absolute Gasteiger partial charge is 0.419 e. The van der Waals surface area contributed by atoms with E-state index in [1.54, 1.807) is 20.8 Å². The zero-order valence-corrected chi connectivity index (χ0v) is 15.0. The Morgan fingerprint density at radius 3 is 2.46 bits per heavy atom. The number of amides is 2. The molecule has 1 atom stereocenters. The molecule has 1 rings (SSSR count). The van der Waals surface area contributed by atoms with Gasteiger partial charge in [0, 0.05) is 19.3 Å². The molecule has 0 saturated carbocycles. The Kier molecular flexibility index (Phi) is 7.22. The van der Waals surface area contributed by atoms with Crippen LogP contribution < -0.4 is 16.0 Å². The lowest BCUT2D eigenvalue weighted by atomic mass is 10.2. The second-order valence-corrected chi connectivity index (χ2v) is 6.48. The maximum Gasteiger partial charge on any atom is 0.419 e. The van der Waals surface area contributed by atoms with Crippen LogP contribution >= 0.6 is 0 Å². The summed E-state index contributed by atoms with van der Waals surface area (Å²) in [4.78, 5) is 27.1. The molecule has 0 aliphatic heterocycles. The topological polar surface area (TPSA) is 92.3 Å². The fourth-order valence-corrected chi connectivity index (χ4v) is 1.84. The maximum absolute atomic E-state index is 12.8. The van der Waals surface area contributed by atoms with Gasteiger partial charge in [-0.2, -0.15) is 13.2 Å². The van der Waals surface area contributed by atoms with Crippen molar-refractivity contribution in [3.05, 3.63) is 23.9 Å². The SMILES string of the molecule is CC(NC(=O)OC(C)(C)C)C(=O)NCCNc1ncccc1C(F)(F)F. The van der Waals surface area contributed by atoms with Gasteiger partial charge in [0.25, 0.3) is 0 Å². The minimum atomic E-state index is -4.52. The molecule has 0 aromatic carbocycles. The Morgan fingerprint density at radius 1 is 1.23 bits per heavy atom. The number of ether oxygens (including phenoxy) is 1. The Hall–Kier alpha value is -2.52. The summed E-state index contributed by atoms with van der Waals surface area (Å²) in [7, 11) is 0. The van der Waals surface area contributed by atoms with Crippen LogP contribution in [0.5, 0.6) is 0 Å². The van der Waals surface area contributed by atoms with Crippen LogP contribution in [0.2, 0.25) is 0 Å². The molecule has 1 aromatic heterocycles. The molecule has 10 heteroatoms. The Bertz CT molecular complexity index is 630. The van der Waals surface area contributed by atoms with Gasteiger partial charge >= 0.3 is 12.3 Å². The molecule has 146 valence electrons. The van der Waals surface area contributed by atoms with Crippen molar-refractivity contribution >= 4 is 17.8 Å². The molecule has 26 heavy (non-hydrogen) atoms. The molecule has 0 bridgehead atoms. The Morgan fingerprint density at radius 2 is 1.88 bits per heavy atom. The average Bonchev–Trinajstić information content (AvgIpc) is 2.48. The highest BCUT2D eigenvalue weighted by Gasteiger charge is 2.33. The molecule has 7 nitrogen and oxygen atoms in total. The summed E-state index contributed by atoms with van der Waals surface area (Å²) in [6.07, 6.45) is -4.02. The fourth-order valence-electron chi connectivity index (χ4n) is 1.84. The minimum absolute atomic E-state index is 0.0327. The molecular formula is C16H23F3N4O3. The van der Waals surface area contributed by atoms with E-state index in [1.165, 1.54) is 19.2 Å². The lowest BCUT2D eigenvalue weighted by Crippen LogP contribution is -2.47. The molecule has 0 aliphatic carbocycles. The standard InChI is InChI=1S/C16H23F3N4O3/c1-10(23-14(25)26-15(2,3)4)13(24)22-9-8-21-12-11(16(17,18)19)6-5-7-20-12/h5-7,10H,8-9H2,1-4H3,(H,20,21)(H,22,24)(H,23,25). The van der Waals surface area contributed by atoms with Gasteiger partial charge in [0.2, 0.25) is 5.91 Å². The van der Waals surface area contributed by atoms with Gasteiger partial charge in [-0.05, 0) is 39.8 Å². The number of alkyl halides is 3. The van der Waals surface area contributed by atoms with Gasteiger partial charge in [-0.15, -0.1) is 0 Å². The van der Waals surface area contributed by atoms with Crippen molar-refractivity contribution in [1.82, 2.24) is 15.6 Å². The van der Waals surface area contributed by atoms with Gasteiger partial charge in [0.1, 0.15) is 17.5 Å². The van der Waals surface area contributed by atoms with Gasteiger partial charge < -0.3 is 20.7 Å². The lowest BCUT2D eigenvalue weighted by Gasteiger charge is -2.21. The number of aromatic nitrogens is 1. The summed E-state index contributed by atoms with van der Waals surface area (Å²) < 4.78 is 43.5. The van der Waals surface area contributed by atoms with E-state index < -0.39 is 35.4 Å². The normalized spacial score (nSPS) is 12.9. The van der Waals surface area contributed by atoms with Crippen molar-refractivity contribution in [2.45, 2.75) is 45.5 Å². The number of nitrogens with one attached hydrogen (secondary N) is 3. The number of nitrogens with zero attached hydrogens (tertiary/aromatic N) is 1. The van der Waals surface area contributed by atoms with Crippen molar-refractivity contribution in [1.29, 1.82) is 0 Å². The first-order valence-electron chi connectivity index (χ1n) is 7.93. The number of rotatable bonds is 6. The van der Waals surface area contributed by atoms with E-state index in [1.807, 2.05) is 0 Å². The Labute approximate surface area is 149 Å². The molecule has 0 aliphatic rings. The first kappa shape index (κ1) is 21.5. The van der Waals surface area contributed by atoms with E-state index in [4.69, 9.17) is 4.74 Å². The molecule has 1 heterocycles. The van der Waals surface area contributed by atoms with Gasteiger partial charge in [-0.3, -0.25) is 4.79 Å². The highest BCUT2D eigenvalue weighted by Crippen LogP contribution is 2.33. The summed E-state index contributed by atoms with van der Waals surface area (Å²) in [5.74, 6) is -0.802. The van der Waals surface area contributed by atoms with Crippen molar-refractivity contribution in [3.8, 4) is 0 Å². The van der Waals surface area contributed by atoms with Crippen LogP contribution in [0.4, 0.5) is 23.8 Å². The second-order valence-electron chi connectivity index (χ2n) is 6.48. The number of alkyl carbamates (subject to hydrolysis) is 1. The number of pyridine rings is 1. The molecule has 1 unspecified atom stereocenters. The molecule has 1 aromatic rings. The molecule has 0 fully saturated rings. The highest BCUT2D eigenvalue weighted by molar-refractivity contribution is 5.85. The van der Waals surface area contributed by atoms with Gasteiger partial charge in [0.05, 0.1) is 5.56 Å². The third kappa shape index (κ3) is 7.58. The molecule has 2 amide bonds. The molecule has 0 saturated heterocycles. The van der Waals surface area contributed by atoms with Crippen molar-refractivity contribution < 1.29 is 27.5 Å². The number of carbonyl (C=O) groups excluding carboxylic acids is 2. The number of hydrogen-bond acceptors (Lipinski definition) is 5. The van der Waals surface area contributed by atoms with Crippen LogP contribution in [0.1, 0.15) is 33.3 Å². The van der Waals surface area contributed by atoms with Gasteiger partial charge in [0.15, 0.2) is 0 Å². The van der Waals surface area contributed by atoms with E-state index in [9.17, 15) is 22.8 Å². The highest BCUT2D eigenvalue weighted by atomic mass is 19.4. The number of halogens is 3. The van der Waals surface area contributed by atoms with Crippen LogP contribution in [-0.4, -0.2) is 41.7 Å². The Balaban J connectivity index is 2.42. The maximum atomic E-state index is 12.8. The summed E-state index contributed by atoms with van der Waals surface area (Å²) in [5, 5.41) is 7.40. The third-order valence-corrected chi connectivity index (χ3v) is 2.96. The van der Waals surface area contributed by atoms with E-state index in [0.717, 1.165) is 6.07 Å². The first-order chi connectivity index (χ1) is 11.9. The van der Waals surface area contributed by atoms with Crippen LogP contribution in [0, 0.1) is 0 Å². The van der Waals surface area contributed by atoms with Crippen molar-refractivity contribution in [2.24, 2.45) is 0 Å². The summed E-state index contributed by atoms with van der Waals surface area (Å²) >= 11 is 0. The van der Waals surface area contributed by atoms with Crippen molar-refractivity contribution in [2.75, 3.05) is 18.4 Å². The molecule has 0 radical (unpaired) electrons. The summed E-state index contributed by atoms with van der Waals surface area (Å²) in [5.41, 5.74) is -1.57. The summed E-state index contributed by atoms with van der Waals surface area (Å²) in [6.45, 7) is 6.62. The molecule has 0 spiro atoms. The average molecular weight is 376 g/mol. The number of hydrogen-bond donors (Lipinski definition) is 3. The minimum Gasteiger partial charge on any atom is -0.444 e. The largest absolute Gasteiger partial charge is 0.444 e. The quantitative estimate of drug-likeness (QED) is 0.664. The third-order valence-electron chi connectivity index (χ3n) is 2.96. The van der Waals surface area contributed by atoms with Crippen molar-refractivity contribution in [3.63, 3.8) is 0 Å². The van der Waals surface area contributed by atoms with Crippen LogP contribution in [0.15, 0.2) is 18.3 Å². The molecule has 3 N–H and O–H groups in total. The van der Waals surface area contributed by atoms with Gasteiger partial charge in [-0.25, -0.2) is 9.78 Å². The zero-order chi connectivity index (χ0) is 20.0. The van der Waals surface area contributed by atoms with E-state index in [2.05, 4.69) is 20.9 Å². The number of carbonyl (C=O) groups is 2. The number of anilines is 1. The van der Waals surface area contributed by atoms with E-state index in [0.29, 0.717) is 0 Å². The van der Waals surface area contributed by atoms with Gasteiger partial charge in [-0.1, -0.05) is 0 Å². The predicted octanol–water partition coefficient (Wildman–Crippen LogP) is 2.54.